The molecule has 1 spiro atoms. The lowest BCUT2D eigenvalue weighted by Crippen LogP contribution is -2.33. The highest BCUT2D eigenvalue weighted by molar-refractivity contribution is 5.66. The lowest BCUT2D eigenvalue weighted by Gasteiger charge is -2.43. The van der Waals surface area contributed by atoms with Crippen LogP contribution in [0.5, 0.6) is 0 Å². The Hall–Kier alpha value is -1.04. The van der Waals surface area contributed by atoms with Crippen molar-refractivity contribution in [2.45, 2.75) is 43.9 Å². The summed E-state index contributed by atoms with van der Waals surface area (Å²) >= 11 is 0. The number of hydrogen-bond acceptors (Lipinski definition) is 0. The zero-order valence-corrected chi connectivity index (χ0v) is 10.2. The van der Waals surface area contributed by atoms with Crippen molar-refractivity contribution in [3.63, 3.8) is 0 Å². The van der Waals surface area contributed by atoms with Crippen LogP contribution in [0.25, 0.3) is 6.08 Å². The van der Waals surface area contributed by atoms with Gasteiger partial charge in [0.1, 0.15) is 0 Å². The Bertz CT molecular complexity index is 531. The first-order valence-electron chi connectivity index (χ1n) is 7.21. The SMILES string of the molecule is C1=CC2C3CC(c4cccc1c43)C21CCCC1. The molecule has 0 heterocycles. The molecule has 0 amide bonds. The Morgan fingerprint density at radius 3 is 2.88 bits per heavy atom. The van der Waals surface area contributed by atoms with Gasteiger partial charge in [0.25, 0.3) is 0 Å². The van der Waals surface area contributed by atoms with E-state index in [1.807, 2.05) is 0 Å². The quantitative estimate of drug-likeness (QED) is 0.607. The molecule has 1 aromatic carbocycles. The van der Waals surface area contributed by atoms with Crippen LogP contribution in [-0.2, 0) is 0 Å². The van der Waals surface area contributed by atoms with Gasteiger partial charge in [-0.15, -0.1) is 0 Å². The number of allylic oxidation sites excluding steroid dienone is 1. The molecule has 86 valence electrons. The normalized spacial score (nSPS) is 38.2. The number of benzene rings is 1. The molecule has 0 nitrogen and oxygen atoms in total. The van der Waals surface area contributed by atoms with Crippen LogP contribution < -0.4 is 0 Å². The molecule has 3 atom stereocenters. The average molecular weight is 222 g/mol. The molecule has 4 aliphatic rings. The molecule has 4 aliphatic carbocycles. The Morgan fingerprint density at radius 2 is 2.00 bits per heavy atom. The minimum Gasteiger partial charge on any atom is -0.0796 e. The summed E-state index contributed by atoms with van der Waals surface area (Å²) in [6, 6.07) is 7.02. The molecule has 2 bridgehead atoms. The second kappa shape index (κ2) is 2.68. The highest BCUT2D eigenvalue weighted by atomic mass is 14.6. The van der Waals surface area contributed by atoms with E-state index in [0.29, 0.717) is 5.41 Å². The van der Waals surface area contributed by atoms with E-state index in [2.05, 4.69) is 30.4 Å². The molecule has 1 aromatic rings. The summed E-state index contributed by atoms with van der Waals surface area (Å²) < 4.78 is 0. The van der Waals surface area contributed by atoms with Crippen molar-refractivity contribution in [2.24, 2.45) is 11.3 Å². The van der Waals surface area contributed by atoms with E-state index in [0.717, 1.165) is 17.8 Å². The summed E-state index contributed by atoms with van der Waals surface area (Å²) in [6.45, 7) is 0. The number of hydrogen-bond donors (Lipinski definition) is 0. The third kappa shape index (κ3) is 0.832. The monoisotopic (exact) mass is 222 g/mol. The van der Waals surface area contributed by atoms with E-state index in [4.69, 9.17) is 0 Å². The van der Waals surface area contributed by atoms with Crippen molar-refractivity contribution in [3.05, 3.63) is 41.0 Å². The van der Waals surface area contributed by atoms with E-state index in [9.17, 15) is 0 Å². The van der Waals surface area contributed by atoms with Gasteiger partial charge in [0, 0.05) is 0 Å². The Kier molecular flexibility index (Phi) is 1.42. The molecule has 0 aliphatic heterocycles. The molecule has 0 heteroatoms. The average Bonchev–Trinajstić information content (AvgIpc) is 3.04. The van der Waals surface area contributed by atoms with Gasteiger partial charge in [-0.1, -0.05) is 43.2 Å². The maximum absolute atomic E-state index is 2.57. The number of fused-ring (bicyclic) bond motifs is 4. The zero-order valence-electron chi connectivity index (χ0n) is 10.2. The van der Waals surface area contributed by atoms with Gasteiger partial charge in [-0.3, -0.25) is 0 Å². The maximum Gasteiger partial charge on any atom is -0.00785 e. The van der Waals surface area contributed by atoms with Crippen molar-refractivity contribution in [1.29, 1.82) is 0 Å². The van der Waals surface area contributed by atoms with Crippen LogP contribution in [0.1, 0.15) is 60.6 Å². The predicted octanol–water partition coefficient (Wildman–Crippen LogP) is 4.47. The van der Waals surface area contributed by atoms with Gasteiger partial charge >= 0.3 is 0 Å². The van der Waals surface area contributed by atoms with Crippen LogP contribution in [0.3, 0.4) is 0 Å². The van der Waals surface area contributed by atoms with Crippen molar-refractivity contribution < 1.29 is 0 Å². The summed E-state index contributed by atoms with van der Waals surface area (Å²) in [4.78, 5) is 0. The molecule has 2 fully saturated rings. The lowest BCUT2D eigenvalue weighted by molar-refractivity contribution is 0.197. The van der Waals surface area contributed by atoms with Crippen LogP contribution in [0.2, 0.25) is 0 Å². The third-order valence-corrected chi connectivity index (χ3v) is 6.22. The van der Waals surface area contributed by atoms with Crippen molar-refractivity contribution in [2.75, 3.05) is 0 Å². The van der Waals surface area contributed by atoms with Gasteiger partial charge in [0.2, 0.25) is 0 Å². The van der Waals surface area contributed by atoms with E-state index in [-0.39, 0.29) is 0 Å². The standard InChI is InChI=1S/C17H18/c1-2-9-17(8-1)14-7-6-11-4-3-5-12-15(17)10-13(14)16(11)12/h3-7,13-15H,1-2,8-10H2. The van der Waals surface area contributed by atoms with E-state index < -0.39 is 0 Å². The largest absolute Gasteiger partial charge is 0.0796 e. The summed E-state index contributed by atoms with van der Waals surface area (Å²) in [7, 11) is 0. The lowest BCUT2D eigenvalue weighted by atomic mass is 9.61. The Morgan fingerprint density at radius 1 is 1.12 bits per heavy atom. The summed E-state index contributed by atoms with van der Waals surface area (Å²) in [5.41, 5.74) is 5.67. The molecular formula is C17H18. The molecule has 0 N–H and O–H groups in total. The van der Waals surface area contributed by atoms with Gasteiger partial charge < -0.3 is 0 Å². The van der Waals surface area contributed by atoms with Crippen molar-refractivity contribution >= 4 is 6.08 Å². The molecule has 0 saturated heterocycles. The Labute approximate surface area is 103 Å². The van der Waals surface area contributed by atoms with Crippen LogP contribution in [0.4, 0.5) is 0 Å². The fraction of sp³-hybridized carbons (Fsp3) is 0.529. The summed E-state index contributed by atoms with van der Waals surface area (Å²) in [6.07, 6.45) is 12.4. The molecule has 3 unspecified atom stereocenters. The first-order chi connectivity index (χ1) is 8.40. The molecule has 2 saturated carbocycles. The molecule has 17 heavy (non-hydrogen) atoms. The minimum atomic E-state index is 0.674. The number of rotatable bonds is 0. The topological polar surface area (TPSA) is 0 Å². The van der Waals surface area contributed by atoms with Crippen LogP contribution in [0, 0.1) is 11.3 Å². The molecular weight excluding hydrogens is 204 g/mol. The van der Waals surface area contributed by atoms with Gasteiger partial charge in [-0.25, -0.2) is 0 Å². The zero-order chi connectivity index (χ0) is 11.0. The smallest absolute Gasteiger partial charge is 0.00785 e. The second-order valence-electron chi connectivity index (χ2n) is 6.57. The minimum absolute atomic E-state index is 0.674. The summed E-state index contributed by atoms with van der Waals surface area (Å²) in [5.74, 6) is 2.67. The van der Waals surface area contributed by atoms with Gasteiger partial charge in [0.05, 0.1) is 0 Å². The first kappa shape index (κ1) is 8.97. The fourth-order valence-electron chi connectivity index (χ4n) is 5.73. The highest BCUT2D eigenvalue weighted by Gasteiger charge is 2.60. The molecule has 0 aromatic heterocycles. The molecule has 5 rings (SSSR count). The highest BCUT2D eigenvalue weighted by Crippen LogP contribution is 2.72. The van der Waals surface area contributed by atoms with Crippen molar-refractivity contribution in [3.8, 4) is 0 Å². The predicted molar refractivity (Wildman–Crippen MR) is 70.0 cm³/mol. The maximum atomic E-state index is 2.57. The van der Waals surface area contributed by atoms with Gasteiger partial charge in [-0.2, -0.15) is 0 Å². The van der Waals surface area contributed by atoms with Gasteiger partial charge in [-0.05, 0) is 59.1 Å². The van der Waals surface area contributed by atoms with Crippen LogP contribution in [0.15, 0.2) is 24.3 Å². The summed E-state index contributed by atoms with van der Waals surface area (Å²) in [5, 5.41) is 0. The van der Waals surface area contributed by atoms with Crippen molar-refractivity contribution in [1.82, 2.24) is 0 Å². The van der Waals surface area contributed by atoms with Crippen LogP contribution in [-0.4, -0.2) is 0 Å². The van der Waals surface area contributed by atoms with E-state index in [1.165, 1.54) is 37.7 Å². The first-order valence-corrected chi connectivity index (χ1v) is 7.21. The van der Waals surface area contributed by atoms with Crippen LogP contribution >= 0.6 is 0 Å². The Balaban J connectivity index is 1.82. The fourth-order valence-corrected chi connectivity index (χ4v) is 5.73. The third-order valence-electron chi connectivity index (χ3n) is 6.22. The second-order valence-corrected chi connectivity index (χ2v) is 6.57. The van der Waals surface area contributed by atoms with Gasteiger partial charge in [0.15, 0.2) is 0 Å². The molecule has 0 radical (unpaired) electrons. The van der Waals surface area contributed by atoms with E-state index in [1.54, 1.807) is 11.1 Å². The van der Waals surface area contributed by atoms with E-state index >= 15 is 0 Å².